The molecule has 1 aromatic rings. The number of hydrogen-bond acceptors (Lipinski definition) is 2. The molecular weight excluding hydrogens is 174 g/mol. The summed E-state index contributed by atoms with van der Waals surface area (Å²) in [5.74, 6) is 0.715. The van der Waals surface area contributed by atoms with Gasteiger partial charge in [-0.05, 0) is 19.9 Å². The van der Waals surface area contributed by atoms with Crippen molar-refractivity contribution in [3.63, 3.8) is 0 Å². The van der Waals surface area contributed by atoms with E-state index in [0.717, 1.165) is 5.69 Å². The number of aromatic nitrogens is 1. The predicted molar refractivity (Wildman–Crippen MR) is 58.7 cm³/mol. The van der Waals surface area contributed by atoms with Crippen LogP contribution in [0.2, 0.25) is 0 Å². The predicted octanol–water partition coefficient (Wildman–Crippen LogP) is 3.17. The van der Waals surface area contributed by atoms with E-state index in [2.05, 4.69) is 25.8 Å². The topological polar surface area (TPSA) is 22.1 Å². The molecule has 14 heavy (non-hydrogen) atoms. The third-order valence-corrected chi connectivity index (χ3v) is 1.85. The van der Waals surface area contributed by atoms with Crippen LogP contribution in [0.3, 0.4) is 0 Å². The van der Waals surface area contributed by atoms with Crippen LogP contribution in [0.1, 0.15) is 40.3 Å². The average Bonchev–Trinajstić information content (AvgIpc) is 2.01. The standard InChI is InChI=1S/C12H19NO/c1-9(2)14-11-8-6-7-10(13-11)12(3,4)5/h6-9H,1-5H3. The van der Waals surface area contributed by atoms with Crippen LogP contribution in [0.4, 0.5) is 0 Å². The number of ether oxygens (including phenoxy) is 1. The highest BCUT2D eigenvalue weighted by Gasteiger charge is 2.15. The van der Waals surface area contributed by atoms with Gasteiger partial charge < -0.3 is 4.74 Å². The van der Waals surface area contributed by atoms with Crippen LogP contribution >= 0.6 is 0 Å². The second-order valence-corrected chi connectivity index (χ2v) is 4.78. The summed E-state index contributed by atoms with van der Waals surface area (Å²) in [5.41, 5.74) is 1.15. The van der Waals surface area contributed by atoms with E-state index in [1.807, 2.05) is 32.0 Å². The highest BCUT2D eigenvalue weighted by atomic mass is 16.5. The van der Waals surface area contributed by atoms with E-state index in [-0.39, 0.29) is 11.5 Å². The molecule has 0 aromatic carbocycles. The Kier molecular flexibility index (Phi) is 3.14. The smallest absolute Gasteiger partial charge is 0.213 e. The summed E-state index contributed by atoms with van der Waals surface area (Å²) >= 11 is 0. The molecule has 1 heterocycles. The molecule has 0 amide bonds. The van der Waals surface area contributed by atoms with Crippen LogP contribution < -0.4 is 4.74 Å². The van der Waals surface area contributed by atoms with E-state index < -0.39 is 0 Å². The molecular formula is C12H19NO. The molecule has 0 bridgehead atoms. The summed E-state index contributed by atoms with van der Waals surface area (Å²) in [6.45, 7) is 10.5. The van der Waals surface area contributed by atoms with Crippen molar-refractivity contribution in [3.05, 3.63) is 23.9 Å². The summed E-state index contributed by atoms with van der Waals surface area (Å²) in [6, 6.07) is 5.92. The molecule has 1 rings (SSSR count). The minimum atomic E-state index is 0.0797. The lowest BCUT2D eigenvalue weighted by Crippen LogP contribution is -2.15. The van der Waals surface area contributed by atoms with Crippen molar-refractivity contribution >= 4 is 0 Å². The molecule has 0 fully saturated rings. The molecule has 0 radical (unpaired) electrons. The van der Waals surface area contributed by atoms with Gasteiger partial charge in [0.1, 0.15) is 0 Å². The zero-order chi connectivity index (χ0) is 10.8. The Morgan fingerprint density at radius 1 is 1.21 bits per heavy atom. The molecule has 0 saturated heterocycles. The quantitative estimate of drug-likeness (QED) is 0.719. The summed E-state index contributed by atoms with van der Waals surface area (Å²) in [5, 5.41) is 0. The molecule has 0 saturated carbocycles. The zero-order valence-corrected chi connectivity index (χ0v) is 9.66. The number of rotatable bonds is 2. The molecule has 78 valence electrons. The van der Waals surface area contributed by atoms with Crippen molar-refractivity contribution < 1.29 is 4.74 Å². The lowest BCUT2D eigenvalue weighted by Gasteiger charge is -2.18. The van der Waals surface area contributed by atoms with Gasteiger partial charge in [-0.2, -0.15) is 0 Å². The molecule has 0 spiro atoms. The minimum absolute atomic E-state index is 0.0797. The maximum Gasteiger partial charge on any atom is 0.213 e. The average molecular weight is 193 g/mol. The van der Waals surface area contributed by atoms with Crippen LogP contribution in [0.15, 0.2) is 18.2 Å². The monoisotopic (exact) mass is 193 g/mol. The van der Waals surface area contributed by atoms with Crippen molar-refractivity contribution in [1.29, 1.82) is 0 Å². The molecule has 1 aromatic heterocycles. The van der Waals surface area contributed by atoms with Gasteiger partial charge in [-0.1, -0.05) is 26.8 Å². The largest absolute Gasteiger partial charge is 0.475 e. The fourth-order valence-corrected chi connectivity index (χ4v) is 1.14. The molecule has 2 nitrogen and oxygen atoms in total. The second kappa shape index (κ2) is 3.99. The maximum atomic E-state index is 5.54. The Morgan fingerprint density at radius 3 is 2.36 bits per heavy atom. The molecule has 0 unspecified atom stereocenters. The summed E-state index contributed by atoms with van der Waals surface area (Å²) in [6.07, 6.45) is 0.178. The zero-order valence-electron chi connectivity index (χ0n) is 9.66. The molecule has 2 heteroatoms. The van der Waals surface area contributed by atoms with Crippen LogP contribution in [-0.4, -0.2) is 11.1 Å². The van der Waals surface area contributed by atoms with E-state index in [1.54, 1.807) is 0 Å². The first-order valence-corrected chi connectivity index (χ1v) is 5.04. The first kappa shape index (κ1) is 11.0. The molecule has 0 aliphatic carbocycles. The Balaban J connectivity index is 2.90. The highest BCUT2D eigenvalue weighted by Crippen LogP contribution is 2.22. The third-order valence-electron chi connectivity index (χ3n) is 1.85. The van der Waals surface area contributed by atoms with E-state index in [1.165, 1.54) is 0 Å². The SMILES string of the molecule is CC(C)Oc1cccc(C(C)(C)C)n1. The van der Waals surface area contributed by atoms with Gasteiger partial charge in [0.25, 0.3) is 0 Å². The fraction of sp³-hybridized carbons (Fsp3) is 0.583. The fourth-order valence-electron chi connectivity index (χ4n) is 1.14. The van der Waals surface area contributed by atoms with Gasteiger partial charge in [0.15, 0.2) is 0 Å². The minimum Gasteiger partial charge on any atom is -0.475 e. The van der Waals surface area contributed by atoms with E-state index >= 15 is 0 Å². The number of hydrogen-bond donors (Lipinski definition) is 0. The molecule has 0 aliphatic heterocycles. The van der Waals surface area contributed by atoms with Crippen LogP contribution in [0.25, 0.3) is 0 Å². The normalized spacial score (nSPS) is 11.9. The molecule has 0 atom stereocenters. The Labute approximate surface area is 86.3 Å². The van der Waals surface area contributed by atoms with Crippen LogP contribution in [0, 0.1) is 0 Å². The Morgan fingerprint density at radius 2 is 1.86 bits per heavy atom. The van der Waals surface area contributed by atoms with Gasteiger partial charge in [-0.25, -0.2) is 4.98 Å². The third kappa shape index (κ3) is 3.02. The lowest BCUT2D eigenvalue weighted by molar-refractivity contribution is 0.231. The molecule has 0 aliphatic rings. The van der Waals surface area contributed by atoms with E-state index in [4.69, 9.17) is 4.74 Å². The van der Waals surface area contributed by atoms with Gasteiger partial charge in [-0.3, -0.25) is 0 Å². The van der Waals surface area contributed by atoms with Gasteiger partial charge in [-0.15, -0.1) is 0 Å². The van der Waals surface area contributed by atoms with Crippen molar-refractivity contribution in [1.82, 2.24) is 4.98 Å². The summed E-state index contributed by atoms with van der Waals surface area (Å²) in [7, 11) is 0. The van der Waals surface area contributed by atoms with E-state index in [0.29, 0.717) is 5.88 Å². The van der Waals surface area contributed by atoms with Crippen molar-refractivity contribution in [2.75, 3.05) is 0 Å². The Bertz CT molecular complexity index is 299. The second-order valence-electron chi connectivity index (χ2n) is 4.78. The summed E-state index contributed by atoms with van der Waals surface area (Å²) in [4.78, 5) is 4.46. The van der Waals surface area contributed by atoms with Gasteiger partial charge >= 0.3 is 0 Å². The summed E-state index contributed by atoms with van der Waals surface area (Å²) < 4.78 is 5.54. The van der Waals surface area contributed by atoms with Gasteiger partial charge in [0, 0.05) is 17.2 Å². The maximum absolute atomic E-state index is 5.54. The number of nitrogens with zero attached hydrogens (tertiary/aromatic N) is 1. The van der Waals surface area contributed by atoms with E-state index in [9.17, 15) is 0 Å². The van der Waals surface area contributed by atoms with Crippen molar-refractivity contribution in [3.8, 4) is 5.88 Å². The van der Waals surface area contributed by atoms with Crippen LogP contribution in [-0.2, 0) is 5.41 Å². The first-order chi connectivity index (χ1) is 6.39. The molecule has 0 N–H and O–H groups in total. The van der Waals surface area contributed by atoms with Crippen LogP contribution in [0.5, 0.6) is 5.88 Å². The van der Waals surface area contributed by atoms with Gasteiger partial charge in [0.05, 0.1) is 6.10 Å². The Hall–Kier alpha value is -1.05. The first-order valence-electron chi connectivity index (χ1n) is 5.04. The number of pyridine rings is 1. The van der Waals surface area contributed by atoms with Crippen molar-refractivity contribution in [2.45, 2.75) is 46.1 Å². The highest BCUT2D eigenvalue weighted by molar-refractivity contribution is 5.20. The van der Waals surface area contributed by atoms with Gasteiger partial charge in [0.2, 0.25) is 5.88 Å². The lowest BCUT2D eigenvalue weighted by atomic mass is 9.92. The van der Waals surface area contributed by atoms with Crippen molar-refractivity contribution in [2.24, 2.45) is 0 Å².